The molecule has 1 aliphatic rings. The van der Waals surface area contributed by atoms with Crippen molar-refractivity contribution in [2.45, 2.75) is 13.8 Å². The van der Waals surface area contributed by atoms with Gasteiger partial charge in [-0.15, -0.1) is 0 Å². The fraction of sp³-hybridized carbons (Fsp3) is 0.333. The third kappa shape index (κ3) is 4.61. The van der Waals surface area contributed by atoms with Gasteiger partial charge in [0.1, 0.15) is 0 Å². The van der Waals surface area contributed by atoms with E-state index in [-0.39, 0.29) is 17.7 Å². The first-order valence-electron chi connectivity index (χ1n) is 9.15. The van der Waals surface area contributed by atoms with Crippen LogP contribution in [-0.4, -0.2) is 42.9 Å². The molecule has 1 aliphatic heterocycles. The summed E-state index contributed by atoms with van der Waals surface area (Å²) in [4.78, 5) is 28.7. The molecule has 0 spiro atoms. The van der Waals surface area contributed by atoms with Crippen LogP contribution in [0.4, 0.5) is 11.4 Å². The molecule has 0 saturated carbocycles. The van der Waals surface area contributed by atoms with E-state index in [1.165, 1.54) is 0 Å². The van der Waals surface area contributed by atoms with Crippen LogP contribution >= 0.6 is 11.6 Å². The Kier molecular flexibility index (Phi) is 6.01. The third-order valence-electron chi connectivity index (χ3n) is 4.67. The van der Waals surface area contributed by atoms with Crippen LogP contribution in [-0.2, 0) is 4.79 Å². The second-order valence-electron chi connectivity index (χ2n) is 6.95. The Morgan fingerprint density at radius 1 is 1.00 bits per heavy atom. The molecule has 0 bridgehead atoms. The van der Waals surface area contributed by atoms with Crippen molar-refractivity contribution in [2.24, 2.45) is 5.92 Å². The van der Waals surface area contributed by atoms with Crippen molar-refractivity contribution in [1.29, 1.82) is 0 Å². The number of amides is 2. The Morgan fingerprint density at radius 3 is 2.37 bits per heavy atom. The lowest BCUT2D eigenvalue weighted by molar-refractivity contribution is -0.134. The Balaban J connectivity index is 1.65. The van der Waals surface area contributed by atoms with E-state index in [9.17, 15) is 9.59 Å². The Hall–Kier alpha value is -2.53. The van der Waals surface area contributed by atoms with Crippen LogP contribution < -0.4 is 10.2 Å². The van der Waals surface area contributed by atoms with Gasteiger partial charge in [-0.25, -0.2) is 0 Å². The van der Waals surface area contributed by atoms with Crippen LogP contribution in [0.2, 0.25) is 5.02 Å². The number of rotatable bonds is 4. The van der Waals surface area contributed by atoms with Gasteiger partial charge in [0.15, 0.2) is 0 Å². The highest BCUT2D eigenvalue weighted by molar-refractivity contribution is 6.34. The quantitative estimate of drug-likeness (QED) is 0.868. The molecule has 1 heterocycles. The standard InChI is InChI=1S/C21H24ClN3O2/c1-15(2)21(27)25-12-10-24(11-13-25)17-7-5-6-16(14-17)23-20(26)18-8-3-4-9-19(18)22/h3-9,14-15H,10-13H2,1-2H3,(H,23,26). The molecule has 0 radical (unpaired) electrons. The first-order valence-corrected chi connectivity index (χ1v) is 9.53. The molecule has 0 unspecified atom stereocenters. The zero-order valence-electron chi connectivity index (χ0n) is 15.6. The summed E-state index contributed by atoms with van der Waals surface area (Å²) in [6.45, 7) is 6.85. The van der Waals surface area contributed by atoms with Gasteiger partial charge in [0.2, 0.25) is 5.91 Å². The smallest absolute Gasteiger partial charge is 0.257 e. The lowest BCUT2D eigenvalue weighted by Crippen LogP contribution is -2.49. The molecule has 6 heteroatoms. The largest absolute Gasteiger partial charge is 0.368 e. The lowest BCUT2D eigenvalue weighted by atomic mass is 10.1. The SMILES string of the molecule is CC(C)C(=O)N1CCN(c2cccc(NC(=O)c3ccccc3Cl)c2)CC1. The van der Waals surface area contributed by atoms with Crippen LogP contribution in [0.1, 0.15) is 24.2 Å². The lowest BCUT2D eigenvalue weighted by Gasteiger charge is -2.37. The number of nitrogens with zero attached hydrogens (tertiary/aromatic N) is 2. The fourth-order valence-electron chi connectivity index (χ4n) is 3.17. The molecule has 2 aromatic rings. The average Bonchev–Trinajstić information content (AvgIpc) is 2.68. The molecule has 0 atom stereocenters. The minimum Gasteiger partial charge on any atom is -0.368 e. The number of halogens is 1. The number of hydrogen-bond acceptors (Lipinski definition) is 3. The molecule has 27 heavy (non-hydrogen) atoms. The zero-order chi connectivity index (χ0) is 19.4. The maximum absolute atomic E-state index is 12.5. The van der Waals surface area contributed by atoms with E-state index in [4.69, 9.17) is 11.6 Å². The van der Waals surface area contributed by atoms with Crippen LogP contribution in [0, 0.1) is 5.92 Å². The molecular weight excluding hydrogens is 362 g/mol. The van der Waals surface area contributed by atoms with Gasteiger partial charge in [-0.2, -0.15) is 0 Å². The fourth-order valence-corrected chi connectivity index (χ4v) is 3.40. The third-order valence-corrected chi connectivity index (χ3v) is 5.00. The van der Waals surface area contributed by atoms with E-state index < -0.39 is 0 Å². The molecule has 142 valence electrons. The van der Waals surface area contributed by atoms with Gasteiger partial charge >= 0.3 is 0 Å². The van der Waals surface area contributed by atoms with E-state index >= 15 is 0 Å². The predicted octanol–water partition coefficient (Wildman–Crippen LogP) is 3.90. The van der Waals surface area contributed by atoms with Gasteiger partial charge in [0.05, 0.1) is 10.6 Å². The molecule has 2 amide bonds. The monoisotopic (exact) mass is 385 g/mol. The molecule has 5 nitrogen and oxygen atoms in total. The first-order chi connectivity index (χ1) is 13.0. The van der Waals surface area contributed by atoms with E-state index in [1.54, 1.807) is 24.3 Å². The number of carbonyl (C=O) groups is 2. The molecule has 2 aromatic carbocycles. The van der Waals surface area contributed by atoms with Gasteiger partial charge in [-0.05, 0) is 30.3 Å². The Labute approximate surface area is 164 Å². The second-order valence-corrected chi connectivity index (χ2v) is 7.36. The van der Waals surface area contributed by atoms with E-state index in [1.807, 2.05) is 43.0 Å². The van der Waals surface area contributed by atoms with Crippen molar-refractivity contribution >= 4 is 34.8 Å². The van der Waals surface area contributed by atoms with Crippen LogP contribution in [0.15, 0.2) is 48.5 Å². The number of benzene rings is 2. The van der Waals surface area contributed by atoms with Crippen LogP contribution in [0.5, 0.6) is 0 Å². The minimum atomic E-state index is -0.231. The second kappa shape index (κ2) is 8.44. The zero-order valence-corrected chi connectivity index (χ0v) is 16.4. The average molecular weight is 386 g/mol. The topological polar surface area (TPSA) is 52.7 Å². The van der Waals surface area contributed by atoms with Crippen molar-refractivity contribution in [3.63, 3.8) is 0 Å². The van der Waals surface area contributed by atoms with E-state index in [0.29, 0.717) is 23.7 Å². The Morgan fingerprint density at radius 2 is 1.70 bits per heavy atom. The predicted molar refractivity (Wildman–Crippen MR) is 109 cm³/mol. The summed E-state index contributed by atoms with van der Waals surface area (Å²) in [5.74, 6) is 0.000374. The van der Waals surface area contributed by atoms with Gasteiger partial charge < -0.3 is 15.1 Å². The summed E-state index contributed by atoms with van der Waals surface area (Å²) in [7, 11) is 0. The molecule has 1 saturated heterocycles. The number of nitrogens with one attached hydrogen (secondary N) is 1. The summed E-state index contributed by atoms with van der Waals surface area (Å²) < 4.78 is 0. The van der Waals surface area contributed by atoms with E-state index in [0.717, 1.165) is 24.5 Å². The molecule has 0 aromatic heterocycles. The van der Waals surface area contributed by atoms with E-state index in [2.05, 4.69) is 10.2 Å². The molecule has 0 aliphatic carbocycles. The number of hydrogen-bond donors (Lipinski definition) is 1. The summed E-state index contributed by atoms with van der Waals surface area (Å²) in [5.41, 5.74) is 2.20. The highest BCUT2D eigenvalue weighted by Gasteiger charge is 2.23. The van der Waals surface area contributed by atoms with Crippen molar-refractivity contribution in [3.05, 3.63) is 59.1 Å². The minimum absolute atomic E-state index is 0.0277. The summed E-state index contributed by atoms with van der Waals surface area (Å²) in [6.07, 6.45) is 0. The number of carbonyl (C=O) groups excluding carboxylic acids is 2. The van der Waals surface area contributed by atoms with Gasteiger partial charge in [0, 0.05) is 43.5 Å². The van der Waals surface area contributed by atoms with Crippen molar-refractivity contribution in [3.8, 4) is 0 Å². The van der Waals surface area contributed by atoms with Gasteiger partial charge in [0.25, 0.3) is 5.91 Å². The van der Waals surface area contributed by atoms with Crippen molar-refractivity contribution in [2.75, 3.05) is 36.4 Å². The first kappa shape index (κ1) is 19.2. The van der Waals surface area contributed by atoms with Gasteiger partial charge in [-0.1, -0.05) is 43.6 Å². The highest BCUT2D eigenvalue weighted by Crippen LogP contribution is 2.23. The molecule has 3 rings (SSSR count). The van der Waals surface area contributed by atoms with Crippen molar-refractivity contribution in [1.82, 2.24) is 4.90 Å². The molecular formula is C21H24ClN3O2. The maximum atomic E-state index is 12.5. The summed E-state index contributed by atoms with van der Waals surface area (Å²) in [5, 5.41) is 3.33. The maximum Gasteiger partial charge on any atom is 0.257 e. The number of piperazine rings is 1. The van der Waals surface area contributed by atoms with Crippen LogP contribution in [0.3, 0.4) is 0 Å². The molecule has 1 fully saturated rings. The van der Waals surface area contributed by atoms with Crippen molar-refractivity contribution < 1.29 is 9.59 Å². The summed E-state index contributed by atoms with van der Waals surface area (Å²) >= 11 is 6.10. The highest BCUT2D eigenvalue weighted by atomic mass is 35.5. The normalized spacial score (nSPS) is 14.4. The number of anilines is 2. The van der Waals surface area contributed by atoms with Crippen LogP contribution in [0.25, 0.3) is 0 Å². The summed E-state index contributed by atoms with van der Waals surface area (Å²) in [6, 6.07) is 14.7. The molecule has 1 N–H and O–H groups in total. The Bertz CT molecular complexity index is 830. The van der Waals surface area contributed by atoms with Gasteiger partial charge in [-0.3, -0.25) is 9.59 Å².